The van der Waals surface area contributed by atoms with E-state index < -0.39 is 0 Å². The molecule has 0 aliphatic heterocycles. The maximum atomic E-state index is 5.30. The molecule has 0 fully saturated rings. The summed E-state index contributed by atoms with van der Waals surface area (Å²) in [5.41, 5.74) is 7.38. The van der Waals surface area contributed by atoms with Crippen LogP contribution in [0.3, 0.4) is 0 Å². The molecule has 0 aliphatic carbocycles. The fourth-order valence-corrected chi connectivity index (χ4v) is 7.58. The summed E-state index contributed by atoms with van der Waals surface area (Å²) >= 11 is 1.85. The number of hydrogen-bond acceptors (Lipinski definition) is 3. The lowest BCUT2D eigenvalue weighted by molar-refractivity contribution is 1.11. The number of thiophene rings is 1. The summed E-state index contributed by atoms with van der Waals surface area (Å²) < 4.78 is 4.81. The average molecular weight is 554 g/mol. The van der Waals surface area contributed by atoms with Crippen molar-refractivity contribution in [2.75, 3.05) is 0 Å². The van der Waals surface area contributed by atoms with Gasteiger partial charge in [0.05, 0.1) is 22.2 Å². The number of hydrogen-bond donors (Lipinski definition) is 0. The summed E-state index contributed by atoms with van der Waals surface area (Å²) in [4.78, 5) is 10.6. The van der Waals surface area contributed by atoms with Crippen LogP contribution in [0.5, 0.6) is 0 Å². The van der Waals surface area contributed by atoms with E-state index in [2.05, 4.69) is 144 Å². The van der Waals surface area contributed by atoms with Crippen LogP contribution in [0.2, 0.25) is 0 Å². The van der Waals surface area contributed by atoms with Gasteiger partial charge < -0.3 is 0 Å². The maximum absolute atomic E-state index is 5.30. The van der Waals surface area contributed by atoms with E-state index >= 15 is 0 Å². The van der Waals surface area contributed by atoms with Crippen LogP contribution in [0.4, 0.5) is 0 Å². The monoisotopic (exact) mass is 553 g/mol. The summed E-state index contributed by atoms with van der Waals surface area (Å²) in [6.07, 6.45) is 0. The van der Waals surface area contributed by atoms with E-state index in [0.717, 1.165) is 50.3 Å². The van der Waals surface area contributed by atoms with Gasteiger partial charge in [0.1, 0.15) is 5.82 Å². The standard InChI is InChI=1S/C38H23N3S/c1-3-13-24(14-4-1)36-28-23-29(38-40-31-20-10-11-21-32(31)41(38)25-15-5-2-6-16-25)37-35(27-18-8-12-22-33(27)42-37)34(28)26-17-7-9-19-30(26)39-36/h1-23H. The molecule has 0 N–H and O–H groups in total. The minimum atomic E-state index is 0.938. The number of aromatic nitrogens is 3. The zero-order valence-corrected chi connectivity index (χ0v) is 23.3. The number of benzene rings is 6. The zero-order chi connectivity index (χ0) is 27.6. The minimum Gasteiger partial charge on any atom is -0.292 e. The highest BCUT2D eigenvalue weighted by atomic mass is 32.1. The molecule has 0 amide bonds. The quantitative estimate of drug-likeness (QED) is 0.204. The Morgan fingerprint density at radius 1 is 0.524 bits per heavy atom. The van der Waals surface area contributed by atoms with Crippen molar-refractivity contribution >= 4 is 64.2 Å². The van der Waals surface area contributed by atoms with E-state index in [0.29, 0.717) is 0 Å². The van der Waals surface area contributed by atoms with E-state index in [1.54, 1.807) is 0 Å². The normalized spacial score (nSPS) is 11.8. The van der Waals surface area contributed by atoms with Gasteiger partial charge >= 0.3 is 0 Å². The van der Waals surface area contributed by atoms with Gasteiger partial charge in [-0.25, -0.2) is 9.97 Å². The first-order chi connectivity index (χ1) is 20.8. The van der Waals surface area contributed by atoms with E-state index in [9.17, 15) is 0 Å². The topological polar surface area (TPSA) is 30.7 Å². The molecule has 4 heteroatoms. The number of nitrogens with zero attached hydrogens (tertiary/aromatic N) is 3. The van der Waals surface area contributed by atoms with Crippen molar-refractivity contribution < 1.29 is 0 Å². The molecule has 3 aromatic heterocycles. The zero-order valence-electron chi connectivity index (χ0n) is 22.5. The average Bonchev–Trinajstić information content (AvgIpc) is 3.64. The highest BCUT2D eigenvalue weighted by Gasteiger charge is 2.23. The van der Waals surface area contributed by atoms with Crippen LogP contribution in [0.15, 0.2) is 140 Å². The highest BCUT2D eigenvalue weighted by Crippen LogP contribution is 2.48. The van der Waals surface area contributed by atoms with Crippen molar-refractivity contribution in [3.05, 3.63) is 140 Å². The molecule has 3 nitrogen and oxygen atoms in total. The van der Waals surface area contributed by atoms with Crippen LogP contribution >= 0.6 is 11.3 Å². The molecule has 9 rings (SSSR count). The van der Waals surface area contributed by atoms with E-state index in [1.165, 1.54) is 30.9 Å². The molecule has 0 saturated heterocycles. The van der Waals surface area contributed by atoms with Gasteiger partial charge in [0, 0.05) is 53.1 Å². The predicted molar refractivity (Wildman–Crippen MR) is 178 cm³/mol. The Morgan fingerprint density at radius 2 is 1.19 bits per heavy atom. The molecule has 42 heavy (non-hydrogen) atoms. The van der Waals surface area contributed by atoms with Crippen LogP contribution in [0, 0.1) is 0 Å². The van der Waals surface area contributed by atoms with Crippen LogP contribution < -0.4 is 0 Å². The highest BCUT2D eigenvalue weighted by molar-refractivity contribution is 7.26. The van der Waals surface area contributed by atoms with Gasteiger partial charge in [-0.05, 0) is 42.5 Å². The fourth-order valence-electron chi connectivity index (χ4n) is 6.36. The predicted octanol–water partition coefficient (Wildman–Crippen LogP) is 10.4. The first-order valence-corrected chi connectivity index (χ1v) is 14.9. The lowest BCUT2D eigenvalue weighted by atomic mass is 9.94. The van der Waals surface area contributed by atoms with Gasteiger partial charge in [-0.2, -0.15) is 0 Å². The molecule has 0 radical (unpaired) electrons. The first-order valence-electron chi connectivity index (χ1n) is 14.1. The molecule has 9 aromatic rings. The van der Waals surface area contributed by atoms with Crippen molar-refractivity contribution in [3.63, 3.8) is 0 Å². The number of fused-ring (bicyclic) bond motifs is 8. The van der Waals surface area contributed by atoms with Gasteiger partial charge in [-0.1, -0.05) is 97.1 Å². The summed E-state index contributed by atoms with van der Waals surface area (Å²) in [5, 5.41) is 6.09. The van der Waals surface area contributed by atoms with Crippen molar-refractivity contribution in [3.8, 4) is 28.3 Å². The van der Waals surface area contributed by atoms with Crippen LogP contribution in [0.1, 0.15) is 0 Å². The Morgan fingerprint density at radius 3 is 2.02 bits per heavy atom. The Bertz CT molecular complexity index is 2460. The van der Waals surface area contributed by atoms with E-state index in [-0.39, 0.29) is 0 Å². The minimum absolute atomic E-state index is 0.938. The molecule has 0 bridgehead atoms. The largest absolute Gasteiger partial charge is 0.292 e. The molecular weight excluding hydrogens is 531 g/mol. The lowest BCUT2D eigenvalue weighted by Gasteiger charge is -2.15. The Balaban J connectivity index is 1.53. The number of para-hydroxylation sites is 4. The van der Waals surface area contributed by atoms with E-state index in [1.807, 2.05) is 11.3 Å². The number of rotatable bonds is 3. The molecule has 0 aliphatic rings. The second kappa shape index (κ2) is 9.10. The van der Waals surface area contributed by atoms with Crippen LogP contribution in [0.25, 0.3) is 81.2 Å². The molecule has 0 atom stereocenters. The number of pyridine rings is 1. The third-order valence-corrected chi connectivity index (χ3v) is 9.38. The van der Waals surface area contributed by atoms with Crippen molar-refractivity contribution in [1.82, 2.24) is 14.5 Å². The fraction of sp³-hybridized carbons (Fsp3) is 0. The summed E-state index contributed by atoms with van der Waals surface area (Å²) in [7, 11) is 0. The van der Waals surface area contributed by atoms with Crippen molar-refractivity contribution in [2.24, 2.45) is 0 Å². The molecule has 0 spiro atoms. The van der Waals surface area contributed by atoms with E-state index in [4.69, 9.17) is 9.97 Å². The second-order valence-corrected chi connectivity index (χ2v) is 11.6. The Kier molecular flexibility index (Phi) is 5.07. The van der Waals surface area contributed by atoms with Crippen molar-refractivity contribution in [2.45, 2.75) is 0 Å². The first kappa shape index (κ1) is 23.4. The van der Waals surface area contributed by atoms with Gasteiger partial charge in [0.15, 0.2) is 0 Å². The molecule has 3 heterocycles. The Labute approximate surface area is 246 Å². The Hall–Kier alpha value is -5.32. The van der Waals surface area contributed by atoms with Crippen LogP contribution in [-0.2, 0) is 0 Å². The lowest BCUT2D eigenvalue weighted by Crippen LogP contribution is -1.98. The molecular formula is C38H23N3S. The van der Waals surface area contributed by atoms with Gasteiger partial charge in [0.25, 0.3) is 0 Å². The third kappa shape index (κ3) is 3.39. The summed E-state index contributed by atoms with van der Waals surface area (Å²) in [6.45, 7) is 0. The maximum Gasteiger partial charge on any atom is 0.147 e. The van der Waals surface area contributed by atoms with Gasteiger partial charge in [0.2, 0.25) is 0 Å². The van der Waals surface area contributed by atoms with Gasteiger partial charge in [-0.15, -0.1) is 11.3 Å². The molecule has 0 unspecified atom stereocenters. The van der Waals surface area contributed by atoms with Gasteiger partial charge in [-0.3, -0.25) is 4.57 Å². The van der Waals surface area contributed by atoms with Crippen molar-refractivity contribution in [1.29, 1.82) is 0 Å². The SMILES string of the molecule is c1ccc(-c2nc3ccccc3c3c2cc(-c2nc4ccccc4n2-c2ccccc2)c2sc4ccccc4c23)cc1. The molecule has 0 saturated carbocycles. The third-order valence-electron chi connectivity index (χ3n) is 8.17. The molecule has 6 aromatic carbocycles. The smallest absolute Gasteiger partial charge is 0.147 e. The second-order valence-electron chi connectivity index (χ2n) is 10.6. The molecule has 196 valence electrons. The summed E-state index contributed by atoms with van der Waals surface area (Å²) in [6, 6.07) is 49.2. The van der Waals surface area contributed by atoms with Crippen LogP contribution in [-0.4, -0.2) is 14.5 Å². The number of imidazole rings is 1. The summed E-state index contributed by atoms with van der Waals surface area (Å²) in [5.74, 6) is 0.938.